The van der Waals surface area contributed by atoms with E-state index in [1.165, 1.54) is 30.8 Å². The Morgan fingerprint density at radius 1 is 1.33 bits per heavy atom. The minimum absolute atomic E-state index is 0.346. The SMILES string of the molecule is CCSCCCC(C)CC(C)Cl. The molecule has 0 amide bonds. The molecule has 0 aromatic carbocycles. The van der Waals surface area contributed by atoms with Gasteiger partial charge in [-0.15, -0.1) is 11.6 Å². The van der Waals surface area contributed by atoms with Crippen LogP contribution in [-0.4, -0.2) is 16.9 Å². The van der Waals surface area contributed by atoms with E-state index in [4.69, 9.17) is 11.6 Å². The molecule has 0 saturated carbocycles. The fourth-order valence-electron chi connectivity index (χ4n) is 1.35. The molecular formula is C10H21ClS. The minimum atomic E-state index is 0.346. The highest BCUT2D eigenvalue weighted by Crippen LogP contribution is 2.17. The molecule has 0 saturated heterocycles. The van der Waals surface area contributed by atoms with E-state index in [1.54, 1.807) is 0 Å². The Labute approximate surface area is 86.5 Å². The van der Waals surface area contributed by atoms with Crippen molar-refractivity contribution in [3.63, 3.8) is 0 Å². The fraction of sp³-hybridized carbons (Fsp3) is 1.00. The Hall–Kier alpha value is 0.640. The van der Waals surface area contributed by atoms with Gasteiger partial charge in [0.15, 0.2) is 0 Å². The van der Waals surface area contributed by atoms with Crippen molar-refractivity contribution in [2.45, 2.75) is 45.4 Å². The summed E-state index contributed by atoms with van der Waals surface area (Å²) >= 11 is 7.94. The van der Waals surface area contributed by atoms with E-state index in [-0.39, 0.29) is 0 Å². The van der Waals surface area contributed by atoms with Crippen LogP contribution in [0.4, 0.5) is 0 Å². The predicted molar refractivity (Wildman–Crippen MR) is 61.3 cm³/mol. The first-order chi connectivity index (χ1) is 5.66. The molecule has 2 unspecified atom stereocenters. The second-order valence-corrected chi connectivity index (χ2v) is 5.60. The second kappa shape index (κ2) is 8.25. The molecule has 0 N–H and O–H groups in total. The van der Waals surface area contributed by atoms with Crippen molar-refractivity contribution in [3.8, 4) is 0 Å². The maximum absolute atomic E-state index is 5.91. The van der Waals surface area contributed by atoms with Gasteiger partial charge in [-0.3, -0.25) is 0 Å². The van der Waals surface area contributed by atoms with Crippen LogP contribution in [0.15, 0.2) is 0 Å². The highest BCUT2D eigenvalue weighted by atomic mass is 35.5. The standard InChI is InChI=1S/C10H21ClS/c1-4-12-7-5-6-9(2)8-10(3)11/h9-10H,4-8H2,1-3H3. The lowest BCUT2D eigenvalue weighted by Crippen LogP contribution is -2.02. The zero-order valence-electron chi connectivity index (χ0n) is 8.48. The summed E-state index contributed by atoms with van der Waals surface area (Å²) in [6.07, 6.45) is 3.85. The average Bonchev–Trinajstić information content (AvgIpc) is 1.97. The molecule has 0 aliphatic rings. The highest BCUT2D eigenvalue weighted by molar-refractivity contribution is 7.99. The molecule has 0 bridgehead atoms. The summed E-state index contributed by atoms with van der Waals surface area (Å²) < 4.78 is 0. The van der Waals surface area contributed by atoms with Crippen LogP contribution >= 0.6 is 23.4 Å². The molecule has 0 radical (unpaired) electrons. The van der Waals surface area contributed by atoms with Crippen LogP contribution in [0.3, 0.4) is 0 Å². The Bertz CT molecular complexity index is 93.8. The van der Waals surface area contributed by atoms with Crippen LogP contribution in [0.1, 0.15) is 40.0 Å². The van der Waals surface area contributed by atoms with Crippen molar-refractivity contribution in [1.29, 1.82) is 0 Å². The zero-order valence-corrected chi connectivity index (χ0v) is 10.0. The first kappa shape index (κ1) is 12.6. The van der Waals surface area contributed by atoms with Crippen molar-refractivity contribution < 1.29 is 0 Å². The third-order valence-electron chi connectivity index (χ3n) is 1.92. The molecule has 0 rings (SSSR count). The largest absolute Gasteiger partial charge is 0.162 e. The van der Waals surface area contributed by atoms with Crippen LogP contribution in [0.25, 0.3) is 0 Å². The Morgan fingerprint density at radius 3 is 2.50 bits per heavy atom. The quantitative estimate of drug-likeness (QED) is 0.447. The smallest absolute Gasteiger partial charge is 0.0310 e. The predicted octanol–water partition coefficient (Wildman–Crippen LogP) is 4.17. The highest BCUT2D eigenvalue weighted by Gasteiger charge is 2.05. The minimum Gasteiger partial charge on any atom is -0.162 e. The van der Waals surface area contributed by atoms with E-state index in [0.717, 1.165) is 5.92 Å². The van der Waals surface area contributed by atoms with Crippen LogP contribution in [0, 0.1) is 5.92 Å². The molecule has 0 spiro atoms. The molecule has 0 aromatic rings. The van der Waals surface area contributed by atoms with Crippen molar-refractivity contribution >= 4 is 23.4 Å². The van der Waals surface area contributed by atoms with Gasteiger partial charge in [-0.25, -0.2) is 0 Å². The molecule has 0 nitrogen and oxygen atoms in total. The second-order valence-electron chi connectivity index (χ2n) is 3.46. The maximum Gasteiger partial charge on any atom is 0.0310 e. The summed E-state index contributed by atoms with van der Waals surface area (Å²) in [5, 5.41) is 0.346. The van der Waals surface area contributed by atoms with Crippen molar-refractivity contribution in [3.05, 3.63) is 0 Å². The van der Waals surface area contributed by atoms with E-state index in [1.807, 2.05) is 11.8 Å². The maximum atomic E-state index is 5.91. The monoisotopic (exact) mass is 208 g/mol. The lowest BCUT2D eigenvalue weighted by atomic mass is 10.0. The number of hydrogen-bond donors (Lipinski definition) is 0. The number of alkyl halides is 1. The van der Waals surface area contributed by atoms with Crippen LogP contribution in [-0.2, 0) is 0 Å². The van der Waals surface area contributed by atoms with Crippen LogP contribution < -0.4 is 0 Å². The first-order valence-corrected chi connectivity index (χ1v) is 6.47. The summed E-state index contributed by atoms with van der Waals surface area (Å²) in [6.45, 7) is 6.60. The Balaban J connectivity index is 3.14. The van der Waals surface area contributed by atoms with Gasteiger partial charge in [-0.1, -0.05) is 13.8 Å². The molecule has 0 aliphatic carbocycles. The molecule has 12 heavy (non-hydrogen) atoms. The summed E-state index contributed by atoms with van der Waals surface area (Å²) in [5.41, 5.74) is 0. The lowest BCUT2D eigenvalue weighted by Gasteiger charge is -2.11. The molecule has 2 heteroatoms. The average molecular weight is 209 g/mol. The molecule has 0 aliphatic heterocycles. The van der Waals surface area contributed by atoms with Crippen molar-refractivity contribution in [1.82, 2.24) is 0 Å². The van der Waals surface area contributed by atoms with E-state index in [2.05, 4.69) is 20.8 Å². The molecule has 0 fully saturated rings. The molecule has 74 valence electrons. The van der Waals surface area contributed by atoms with Crippen LogP contribution in [0.2, 0.25) is 0 Å². The van der Waals surface area contributed by atoms with Gasteiger partial charge in [0.05, 0.1) is 0 Å². The summed E-state index contributed by atoms with van der Waals surface area (Å²) in [6, 6.07) is 0. The van der Waals surface area contributed by atoms with E-state index < -0.39 is 0 Å². The molecule has 2 atom stereocenters. The zero-order chi connectivity index (χ0) is 9.40. The third kappa shape index (κ3) is 8.73. The van der Waals surface area contributed by atoms with Gasteiger partial charge in [0.25, 0.3) is 0 Å². The number of hydrogen-bond acceptors (Lipinski definition) is 1. The Morgan fingerprint density at radius 2 is 2.00 bits per heavy atom. The van der Waals surface area contributed by atoms with Crippen molar-refractivity contribution in [2.75, 3.05) is 11.5 Å². The molecule has 0 heterocycles. The summed E-state index contributed by atoms with van der Waals surface area (Å²) in [7, 11) is 0. The molecule has 0 aromatic heterocycles. The van der Waals surface area contributed by atoms with Gasteiger partial charge in [0, 0.05) is 5.38 Å². The lowest BCUT2D eigenvalue weighted by molar-refractivity contribution is 0.485. The number of rotatable bonds is 7. The topological polar surface area (TPSA) is 0 Å². The van der Waals surface area contributed by atoms with Gasteiger partial charge in [-0.05, 0) is 43.6 Å². The van der Waals surface area contributed by atoms with E-state index >= 15 is 0 Å². The fourth-order valence-corrected chi connectivity index (χ4v) is 2.31. The molecular weight excluding hydrogens is 188 g/mol. The summed E-state index contributed by atoms with van der Waals surface area (Å²) in [4.78, 5) is 0. The normalized spacial score (nSPS) is 16.0. The van der Waals surface area contributed by atoms with Gasteiger partial charge < -0.3 is 0 Å². The third-order valence-corrected chi connectivity index (χ3v) is 3.08. The van der Waals surface area contributed by atoms with Gasteiger partial charge >= 0.3 is 0 Å². The van der Waals surface area contributed by atoms with Gasteiger partial charge in [0.2, 0.25) is 0 Å². The number of thioether (sulfide) groups is 1. The van der Waals surface area contributed by atoms with E-state index in [0.29, 0.717) is 5.38 Å². The van der Waals surface area contributed by atoms with Gasteiger partial charge in [0.1, 0.15) is 0 Å². The first-order valence-electron chi connectivity index (χ1n) is 4.88. The number of halogens is 1. The Kier molecular flexibility index (Phi) is 8.69. The summed E-state index contributed by atoms with van der Waals surface area (Å²) in [5.74, 6) is 3.37. The van der Waals surface area contributed by atoms with E-state index in [9.17, 15) is 0 Å². The van der Waals surface area contributed by atoms with Crippen LogP contribution in [0.5, 0.6) is 0 Å². The van der Waals surface area contributed by atoms with Gasteiger partial charge in [-0.2, -0.15) is 11.8 Å². The van der Waals surface area contributed by atoms with Crippen molar-refractivity contribution in [2.24, 2.45) is 5.92 Å².